The van der Waals surface area contributed by atoms with Gasteiger partial charge >= 0.3 is 0 Å². The molecule has 1 nitrogen and oxygen atoms in total. The Hall–Kier alpha value is 0.250. The highest BCUT2D eigenvalue weighted by Crippen LogP contribution is 2.22. The van der Waals surface area contributed by atoms with E-state index < -0.39 is 0 Å². The molecule has 2 heteroatoms. The summed E-state index contributed by atoms with van der Waals surface area (Å²) in [7, 11) is 0. The first-order valence-corrected chi connectivity index (χ1v) is 6.14. The molecule has 0 radical (unpaired) electrons. The van der Waals surface area contributed by atoms with Crippen LogP contribution in [0.25, 0.3) is 0 Å². The van der Waals surface area contributed by atoms with Crippen molar-refractivity contribution in [3.05, 3.63) is 0 Å². The molecule has 1 N–H and O–H groups in total. The number of halogens is 1. The van der Waals surface area contributed by atoms with Crippen LogP contribution < -0.4 is 5.32 Å². The van der Waals surface area contributed by atoms with Crippen LogP contribution in [0.15, 0.2) is 0 Å². The fourth-order valence-corrected chi connectivity index (χ4v) is 2.20. The van der Waals surface area contributed by atoms with Crippen LogP contribution in [0.4, 0.5) is 0 Å². The molecule has 0 bridgehead atoms. The van der Waals surface area contributed by atoms with Crippen LogP contribution in [-0.4, -0.2) is 13.1 Å². The van der Waals surface area contributed by atoms with Crippen molar-refractivity contribution in [2.45, 2.75) is 58.3 Å². The van der Waals surface area contributed by atoms with E-state index in [4.69, 9.17) is 0 Å². The van der Waals surface area contributed by atoms with Gasteiger partial charge < -0.3 is 5.32 Å². The van der Waals surface area contributed by atoms with Crippen LogP contribution >= 0.6 is 12.4 Å². The SMILES string of the molecule is CCCCCNCC1CCCCC1.Cl. The highest BCUT2D eigenvalue weighted by molar-refractivity contribution is 5.85. The lowest BCUT2D eigenvalue weighted by Crippen LogP contribution is -2.25. The maximum Gasteiger partial charge on any atom is -0.00205 e. The van der Waals surface area contributed by atoms with E-state index in [2.05, 4.69) is 12.2 Å². The first-order chi connectivity index (χ1) is 6.43. The molecule has 1 aliphatic rings. The van der Waals surface area contributed by atoms with Crippen LogP contribution in [0.3, 0.4) is 0 Å². The second-order valence-corrected chi connectivity index (χ2v) is 4.42. The third-order valence-electron chi connectivity index (χ3n) is 3.11. The maximum absolute atomic E-state index is 3.59. The number of hydrogen-bond acceptors (Lipinski definition) is 1. The summed E-state index contributed by atoms with van der Waals surface area (Å²) in [6.07, 6.45) is 11.5. The van der Waals surface area contributed by atoms with Crippen molar-refractivity contribution < 1.29 is 0 Å². The Bertz CT molecular complexity index is 111. The van der Waals surface area contributed by atoms with Crippen molar-refractivity contribution >= 4 is 12.4 Å². The van der Waals surface area contributed by atoms with Crippen LogP contribution in [0.1, 0.15) is 58.3 Å². The van der Waals surface area contributed by atoms with Gasteiger partial charge in [0.05, 0.1) is 0 Å². The Labute approximate surface area is 95.5 Å². The van der Waals surface area contributed by atoms with E-state index in [0.717, 1.165) is 5.92 Å². The van der Waals surface area contributed by atoms with Crippen molar-refractivity contribution in [3.63, 3.8) is 0 Å². The first-order valence-electron chi connectivity index (χ1n) is 6.14. The summed E-state index contributed by atoms with van der Waals surface area (Å²) >= 11 is 0. The summed E-state index contributed by atoms with van der Waals surface area (Å²) < 4.78 is 0. The summed E-state index contributed by atoms with van der Waals surface area (Å²) in [5.74, 6) is 0.996. The zero-order valence-corrected chi connectivity index (χ0v) is 10.4. The quantitative estimate of drug-likeness (QED) is 0.671. The lowest BCUT2D eigenvalue weighted by atomic mass is 9.89. The van der Waals surface area contributed by atoms with Gasteiger partial charge in [0.1, 0.15) is 0 Å². The minimum absolute atomic E-state index is 0. The van der Waals surface area contributed by atoms with Crippen molar-refractivity contribution in [2.75, 3.05) is 13.1 Å². The molecule has 14 heavy (non-hydrogen) atoms. The van der Waals surface area contributed by atoms with Crippen LogP contribution in [-0.2, 0) is 0 Å². The van der Waals surface area contributed by atoms with E-state index in [1.807, 2.05) is 0 Å². The molecule has 0 aromatic rings. The molecular weight excluding hydrogens is 194 g/mol. The lowest BCUT2D eigenvalue weighted by molar-refractivity contribution is 0.341. The van der Waals surface area contributed by atoms with Gasteiger partial charge in [-0.05, 0) is 38.3 Å². The molecule has 1 fully saturated rings. The van der Waals surface area contributed by atoms with Gasteiger partial charge in [-0.2, -0.15) is 0 Å². The van der Waals surface area contributed by atoms with E-state index in [0.29, 0.717) is 0 Å². The van der Waals surface area contributed by atoms with Crippen molar-refractivity contribution in [2.24, 2.45) is 5.92 Å². The molecule has 86 valence electrons. The largest absolute Gasteiger partial charge is 0.316 e. The summed E-state index contributed by atoms with van der Waals surface area (Å²) in [6.45, 7) is 4.79. The summed E-state index contributed by atoms with van der Waals surface area (Å²) in [5, 5.41) is 3.59. The Morgan fingerprint density at radius 3 is 2.43 bits per heavy atom. The topological polar surface area (TPSA) is 12.0 Å². The van der Waals surface area contributed by atoms with Crippen LogP contribution in [0, 0.1) is 5.92 Å². The predicted octanol–water partition coefficient (Wildman–Crippen LogP) is 3.77. The molecule has 0 spiro atoms. The zero-order chi connectivity index (χ0) is 9.36. The molecule has 0 heterocycles. The number of unbranched alkanes of at least 4 members (excludes halogenated alkanes) is 2. The molecule has 0 aromatic carbocycles. The summed E-state index contributed by atoms with van der Waals surface area (Å²) in [6, 6.07) is 0. The molecule has 0 atom stereocenters. The predicted molar refractivity (Wildman–Crippen MR) is 66.2 cm³/mol. The van der Waals surface area contributed by atoms with E-state index in [9.17, 15) is 0 Å². The average Bonchev–Trinajstić information content (AvgIpc) is 2.19. The highest BCUT2D eigenvalue weighted by Gasteiger charge is 2.11. The third-order valence-corrected chi connectivity index (χ3v) is 3.11. The van der Waals surface area contributed by atoms with E-state index in [1.54, 1.807) is 0 Å². The van der Waals surface area contributed by atoms with Crippen molar-refractivity contribution in [1.82, 2.24) is 5.32 Å². The minimum Gasteiger partial charge on any atom is -0.316 e. The zero-order valence-electron chi connectivity index (χ0n) is 9.56. The molecule has 1 aliphatic carbocycles. The monoisotopic (exact) mass is 219 g/mol. The number of nitrogens with one attached hydrogen (secondary N) is 1. The molecule has 0 amide bonds. The van der Waals surface area contributed by atoms with Crippen LogP contribution in [0.2, 0.25) is 0 Å². The maximum atomic E-state index is 3.59. The molecule has 0 aromatic heterocycles. The molecular formula is C12H26ClN. The molecule has 0 aliphatic heterocycles. The summed E-state index contributed by atoms with van der Waals surface area (Å²) in [4.78, 5) is 0. The van der Waals surface area contributed by atoms with Gasteiger partial charge in [0.25, 0.3) is 0 Å². The Morgan fingerprint density at radius 1 is 1.07 bits per heavy atom. The molecule has 1 saturated carbocycles. The standard InChI is InChI=1S/C12H25N.ClH/c1-2-3-7-10-13-11-12-8-5-4-6-9-12;/h12-13H,2-11H2,1H3;1H. The van der Waals surface area contributed by atoms with Crippen molar-refractivity contribution in [3.8, 4) is 0 Å². The molecule has 0 saturated heterocycles. The normalized spacial score (nSPS) is 17.8. The second kappa shape index (κ2) is 9.79. The van der Waals surface area contributed by atoms with Gasteiger partial charge in [-0.25, -0.2) is 0 Å². The Kier molecular flexibility index (Phi) is 9.97. The fourth-order valence-electron chi connectivity index (χ4n) is 2.20. The van der Waals surface area contributed by atoms with Crippen LogP contribution in [0.5, 0.6) is 0 Å². The van der Waals surface area contributed by atoms with Crippen molar-refractivity contribution in [1.29, 1.82) is 0 Å². The second-order valence-electron chi connectivity index (χ2n) is 4.42. The Balaban J connectivity index is 0.00000169. The number of hydrogen-bond donors (Lipinski definition) is 1. The molecule has 1 rings (SSSR count). The minimum atomic E-state index is 0. The fraction of sp³-hybridized carbons (Fsp3) is 1.00. The summed E-state index contributed by atoms with van der Waals surface area (Å²) in [5.41, 5.74) is 0. The van der Waals surface area contributed by atoms with E-state index in [1.165, 1.54) is 64.5 Å². The first kappa shape index (κ1) is 14.2. The van der Waals surface area contributed by atoms with Gasteiger partial charge in [0.15, 0.2) is 0 Å². The van der Waals surface area contributed by atoms with Gasteiger partial charge in [-0.15, -0.1) is 12.4 Å². The lowest BCUT2D eigenvalue weighted by Gasteiger charge is -2.21. The van der Waals surface area contributed by atoms with E-state index in [-0.39, 0.29) is 12.4 Å². The number of rotatable bonds is 6. The smallest absolute Gasteiger partial charge is 0.00205 e. The van der Waals surface area contributed by atoms with Gasteiger partial charge in [-0.3, -0.25) is 0 Å². The molecule has 0 unspecified atom stereocenters. The van der Waals surface area contributed by atoms with Gasteiger partial charge in [-0.1, -0.05) is 39.0 Å². The Morgan fingerprint density at radius 2 is 1.79 bits per heavy atom. The van der Waals surface area contributed by atoms with E-state index >= 15 is 0 Å². The highest BCUT2D eigenvalue weighted by atomic mass is 35.5. The van der Waals surface area contributed by atoms with Gasteiger partial charge in [0, 0.05) is 0 Å². The van der Waals surface area contributed by atoms with Gasteiger partial charge in [0.2, 0.25) is 0 Å². The third kappa shape index (κ3) is 6.67. The average molecular weight is 220 g/mol.